The van der Waals surface area contributed by atoms with E-state index in [-0.39, 0.29) is 6.10 Å². The smallest absolute Gasteiger partial charge is 0.191 e. The fraction of sp³-hybridized carbons (Fsp3) is 0.667. The maximum absolute atomic E-state index is 6.18. The minimum absolute atomic E-state index is 0.160. The van der Waals surface area contributed by atoms with Crippen LogP contribution in [-0.4, -0.2) is 38.4 Å². The molecular formula is C21H33N3O2. The van der Waals surface area contributed by atoms with Crippen LogP contribution in [0.1, 0.15) is 50.2 Å². The molecule has 1 aliphatic heterocycles. The average Bonchev–Trinajstić information content (AvgIpc) is 3.32. The van der Waals surface area contributed by atoms with Gasteiger partial charge in [-0.2, -0.15) is 0 Å². The first-order chi connectivity index (χ1) is 12.7. The van der Waals surface area contributed by atoms with E-state index in [1.54, 1.807) is 0 Å². The van der Waals surface area contributed by atoms with Crippen LogP contribution in [0.25, 0.3) is 0 Å². The summed E-state index contributed by atoms with van der Waals surface area (Å²) < 4.78 is 11.6. The quantitative estimate of drug-likeness (QED) is 0.403. The first-order valence-corrected chi connectivity index (χ1v) is 10.1. The fourth-order valence-corrected chi connectivity index (χ4v) is 3.20. The minimum Gasteiger partial charge on any atom is -0.488 e. The van der Waals surface area contributed by atoms with Gasteiger partial charge in [-0.3, -0.25) is 0 Å². The van der Waals surface area contributed by atoms with Crippen LogP contribution in [0.15, 0.2) is 23.2 Å². The van der Waals surface area contributed by atoms with Crippen LogP contribution in [-0.2, 0) is 11.3 Å². The summed E-state index contributed by atoms with van der Waals surface area (Å²) >= 11 is 0. The van der Waals surface area contributed by atoms with Crippen LogP contribution in [0, 0.1) is 12.8 Å². The SMILES string of the molecule is CCNC(=NCc1ccc(C)cc1OC1CCOC1)NCCCC1CC1. The number of hydrogen-bond acceptors (Lipinski definition) is 3. The van der Waals surface area contributed by atoms with Gasteiger partial charge in [0, 0.05) is 25.1 Å². The summed E-state index contributed by atoms with van der Waals surface area (Å²) in [5, 5.41) is 6.79. The van der Waals surface area contributed by atoms with Gasteiger partial charge in [-0.15, -0.1) is 0 Å². The Bertz CT molecular complexity index is 593. The number of ether oxygens (including phenoxy) is 2. The molecule has 1 unspecified atom stereocenters. The third-order valence-corrected chi connectivity index (χ3v) is 4.93. The molecule has 144 valence electrons. The monoisotopic (exact) mass is 359 g/mol. The summed E-state index contributed by atoms with van der Waals surface area (Å²) in [6.45, 7) is 8.13. The van der Waals surface area contributed by atoms with E-state index >= 15 is 0 Å². The molecule has 1 aliphatic carbocycles. The molecule has 1 aromatic rings. The molecule has 1 aromatic carbocycles. The Hall–Kier alpha value is -1.75. The standard InChI is InChI=1S/C21H33N3O2/c1-3-22-21(23-11-4-5-17-7-8-17)24-14-18-9-6-16(2)13-20(18)26-19-10-12-25-15-19/h6,9,13,17,19H,3-5,7-8,10-12,14-15H2,1-2H3,(H2,22,23,24). The van der Waals surface area contributed by atoms with Crippen molar-refractivity contribution in [3.05, 3.63) is 29.3 Å². The van der Waals surface area contributed by atoms with Crippen molar-refractivity contribution in [2.24, 2.45) is 10.9 Å². The van der Waals surface area contributed by atoms with Crippen molar-refractivity contribution in [1.29, 1.82) is 0 Å². The number of aryl methyl sites for hydroxylation is 1. The highest BCUT2D eigenvalue weighted by Gasteiger charge is 2.20. The van der Waals surface area contributed by atoms with E-state index in [0.29, 0.717) is 13.2 Å². The van der Waals surface area contributed by atoms with Gasteiger partial charge in [-0.1, -0.05) is 25.0 Å². The van der Waals surface area contributed by atoms with Crippen LogP contribution in [0.3, 0.4) is 0 Å². The summed E-state index contributed by atoms with van der Waals surface area (Å²) in [5.74, 6) is 2.82. The summed E-state index contributed by atoms with van der Waals surface area (Å²) in [7, 11) is 0. The van der Waals surface area contributed by atoms with E-state index in [1.807, 2.05) is 0 Å². The summed E-state index contributed by atoms with van der Waals surface area (Å²) in [5.41, 5.74) is 2.33. The number of guanidine groups is 1. The van der Waals surface area contributed by atoms with Gasteiger partial charge in [-0.05, 0) is 44.2 Å². The zero-order valence-corrected chi connectivity index (χ0v) is 16.2. The predicted molar refractivity (Wildman–Crippen MR) is 106 cm³/mol. The molecule has 26 heavy (non-hydrogen) atoms. The Morgan fingerprint density at radius 2 is 2.15 bits per heavy atom. The van der Waals surface area contributed by atoms with E-state index in [1.165, 1.54) is 31.2 Å². The Morgan fingerprint density at radius 3 is 2.88 bits per heavy atom. The summed E-state index contributed by atoms with van der Waals surface area (Å²) in [6.07, 6.45) is 6.53. The lowest BCUT2D eigenvalue weighted by molar-refractivity contribution is 0.140. The topological polar surface area (TPSA) is 54.9 Å². The highest BCUT2D eigenvalue weighted by atomic mass is 16.5. The lowest BCUT2D eigenvalue weighted by atomic mass is 10.1. The molecule has 1 saturated carbocycles. The fourth-order valence-electron chi connectivity index (χ4n) is 3.20. The molecule has 0 amide bonds. The first-order valence-electron chi connectivity index (χ1n) is 10.1. The average molecular weight is 360 g/mol. The second kappa shape index (κ2) is 9.81. The lowest BCUT2D eigenvalue weighted by Crippen LogP contribution is -2.37. The number of nitrogens with zero attached hydrogens (tertiary/aromatic N) is 1. The van der Waals surface area contributed by atoms with Gasteiger partial charge >= 0.3 is 0 Å². The highest BCUT2D eigenvalue weighted by molar-refractivity contribution is 5.79. The molecule has 1 saturated heterocycles. The first kappa shape index (κ1) is 19.0. The molecule has 2 fully saturated rings. The molecule has 1 atom stereocenters. The number of rotatable bonds is 9. The minimum atomic E-state index is 0.160. The lowest BCUT2D eigenvalue weighted by Gasteiger charge is -2.16. The molecule has 0 aromatic heterocycles. The van der Waals surface area contributed by atoms with Crippen LogP contribution >= 0.6 is 0 Å². The Labute approximate surface area is 157 Å². The van der Waals surface area contributed by atoms with E-state index in [0.717, 1.165) is 49.3 Å². The van der Waals surface area contributed by atoms with Crippen molar-refractivity contribution >= 4 is 5.96 Å². The van der Waals surface area contributed by atoms with E-state index in [4.69, 9.17) is 14.5 Å². The molecule has 3 rings (SSSR count). The third-order valence-electron chi connectivity index (χ3n) is 4.93. The number of aliphatic imine (C=N–C) groups is 1. The maximum atomic E-state index is 6.18. The van der Waals surface area contributed by atoms with Crippen molar-refractivity contribution in [2.75, 3.05) is 26.3 Å². The zero-order chi connectivity index (χ0) is 18.2. The molecule has 1 heterocycles. The Morgan fingerprint density at radius 1 is 1.27 bits per heavy atom. The van der Waals surface area contributed by atoms with Gasteiger partial charge in [0.1, 0.15) is 11.9 Å². The van der Waals surface area contributed by atoms with Gasteiger partial charge in [0.2, 0.25) is 0 Å². The third kappa shape index (κ3) is 6.20. The molecule has 2 N–H and O–H groups in total. The van der Waals surface area contributed by atoms with E-state index in [2.05, 4.69) is 42.7 Å². The predicted octanol–water partition coefficient (Wildman–Crippen LogP) is 3.41. The van der Waals surface area contributed by atoms with Crippen LogP contribution in [0.4, 0.5) is 0 Å². The van der Waals surface area contributed by atoms with Crippen LogP contribution in [0.2, 0.25) is 0 Å². The van der Waals surface area contributed by atoms with Crippen molar-refractivity contribution in [2.45, 2.75) is 58.6 Å². The molecule has 5 heteroatoms. The van der Waals surface area contributed by atoms with Crippen LogP contribution in [0.5, 0.6) is 5.75 Å². The normalized spacial score (nSPS) is 20.2. The molecule has 0 radical (unpaired) electrons. The number of nitrogens with one attached hydrogen (secondary N) is 2. The van der Waals surface area contributed by atoms with Gasteiger partial charge in [0.05, 0.1) is 19.8 Å². The van der Waals surface area contributed by atoms with Crippen molar-refractivity contribution in [1.82, 2.24) is 10.6 Å². The second-order valence-electron chi connectivity index (χ2n) is 7.42. The molecule has 2 aliphatic rings. The molecule has 5 nitrogen and oxygen atoms in total. The van der Waals surface area contributed by atoms with Crippen molar-refractivity contribution < 1.29 is 9.47 Å². The van der Waals surface area contributed by atoms with E-state index < -0.39 is 0 Å². The number of benzene rings is 1. The summed E-state index contributed by atoms with van der Waals surface area (Å²) in [6, 6.07) is 6.36. The molecule has 0 bridgehead atoms. The van der Waals surface area contributed by atoms with Gasteiger partial charge < -0.3 is 20.1 Å². The summed E-state index contributed by atoms with van der Waals surface area (Å²) in [4.78, 5) is 4.76. The largest absolute Gasteiger partial charge is 0.488 e. The maximum Gasteiger partial charge on any atom is 0.191 e. The van der Waals surface area contributed by atoms with Gasteiger partial charge in [-0.25, -0.2) is 4.99 Å². The highest BCUT2D eigenvalue weighted by Crippen LogP contribution is 2.33. The molecule has 0 spiro atoms. The van der Waals surface area contributed by atoms with Gasteiger partial charge in [0.15, 0.2) is 5.96 Å². The Balaban J connectivity index is 1.57. The molecular weight excluding hydrogens is 326 g/mol. The van der Waals surface area contributed by atoms with Crippen molar-refractivity contribution in [3.63, 3.8) is 0 Å². The van der Waals surface area contributed by atoms with Crippen LogP contribution < -0.4 is 15.4 Å². The second-order valence-corrected chi connectivity index (χ2v) is 7.42. The van der Waals surface area contributed by atoms with E-state index in [9.17, 15) is 0 Å². The van der Waals surface area contributed by atoms with Gasteiger partial charge in [0.25, 0.3) is 0 Å². The van der Waals surface area contributed by atoms with Crippen molar-refractivity contribution in [3.8, 4) is 5.75 Å². The number of hydrogen-bond donors (Lipinski definition) is 2. The Kier molecular flexibility index (Phi) is 7.18. The zero-order valence-electron chi connectivity index (χ0n) is 16.2.